The van der Waals surface area contributed by atoms with Crippen molar-refractivity contribution in [2.75, 3.05) is 16.6 Å². The molecule has 0 unspecified atom stereocenters. The van der Waals surface area contributed by atoms with E-state index in [2.05, 4.69) is 10.0 Å². The maximum Gasteiger partial charge on any atom is 0.342 e. The molecule has 3 N–H and O–H groups in total. The zero-order valence-electron chi connectivity index (χ0n) is 15.5. The van der Waals surface area contributed by atoms with Crippen molar-refractivity contribution in [2.45, 2.75) is 4.21 Å². The Balaban J connectivity index is 1.61. The van der Waals surface area contributed by atoms with Gasteiger partial charge in [-0.25, -0.2) is 22.0 Å². The third-order valence-corrected chi connectivity index (χ3v) is 6.55. The number of amides is 1. The van der Waals surface area contributed by atoms with Crippen LogP contribution in [0.3, 0.4) is 0 Å². The topological polar surface area (TPSA) is 122 Å². The first kappa shape index (κ1) is 22.2. The lowest BCUT2D eigenvalue weighted by atomic mass is 10.2. The van der Waals surface area contributed by atoms with Gasteiger partial charge in [-0.1, -0.05) is 6.07 Å². The molecule has 162 valence electrons. The molecule has 12 heteroatoms. The number of thiophene rings is 1. The van der Waals surface area contributed by atoms with Crippen molar-refractivity contribution in [3.8, 4) is 5.75 Å². The summed E-state index contributed by atoms with van der Waals surface area (Å²) < 4.78 is 57.9. The van der Waals surface area contributed by atoms with Gasteiger partial charge in [0.05, 0.1) is 11.4 Å². The molecule has 0 aliphatic rings. The van der Waals surface area contributed by atoms with Gasteiger partial charge in [-0.2, -0.15) is 0 Å². The number of anilines is 2. The summed E-state index contributed by atoms with van der Waals surface area (Å²) in [5, 5.41) is 13.7. The second-order valence-corrected chi connectivity index (χ2v) is 8.87. The van der Waals surface area contributed by atoms with Crippen LogP contribution in [-0.2, 0) is 19.6 Å². The van der Waals surface area contributed by atoms with Gasteiger partial charge < -0.3 is 15.2 Å². The van der Waals surface area contributed by atoms with Crippen molar-refractivity contribution < 1.29 is 36.6 Å². The minimum atomic E-state index is -3.84. The van der Waals surface area contributed by atoms with Gasteiger partial charge in [0.25, 0.3) is 15.9 Å². The Labute approximate surface area is 179 Å². The number of hydrogen-bond donors (Lipinski definition) is 3. The van der Waals surface area contributed by atoms with Crippen molar-refractivity contribution in [2.24, 2.45) is 0 Å². The number of benzene rings is 2. The van der Waals surface area contributed by atoms with Crippen LogP contribution in [0.5, 0.6) is 5.75 Å². The Morgan fingerprint density at radius 3 is 2.52 bits per heavy atom. The van der Waals surface area contributed by atoms with E-state index < -0.39 is 45.9 Å². The summed E-state index contributed by atoms with van der Waals surface area (Å²) in [6.07, 6.45) is 0. The van der Waals surface area contributed by atoms with Gasteiger partial charge in [-0.05, 0) is 35.7 Å². The quantitative estimate of drug-likeness (QED) is 0.458. The van der Waals surface area contributed by atoms with E-state index in [0.29, 0.717) is 6.07 Å². The van der Waals surface area contributed by atoms with Crippen LogP contribution < -0.4 is 10.0 Å². The van der Waals surface area contributed by atoms with Crippen molar-refractivity contribution >= 4 is 44.6 Å². The van der Waals surface area contributed by atoms with E-state index in [0.717, 1.165) is 35.6 Å². The van der Waals surface area contributed by atoms with E-state index >= 15 is 0 Å². The molecule has 1 aromatic heterocycles. The van der Waals surface area contributed by atoms with Gasteiger partial charge in [0.2, 0.25) is 0 Å². The molecule has 0 saturated carbocycles. The highest BCUT2D eigenvalue weighted by Crippen LogP contribution is 2.26. The van der Waals surface area contributed by atoms with Crippen LogP contribution in [0.2, 0.25) is 0 Å². The molecule has 0 spiro atoms. The summed E-state index contributed by atoms with van der Waals surface area (Å²) >= 11 is 1.01. The number of hydrogen-bond acceptors (Lipinski definition) is 7. The second kappa shape index (κ2) is 9.10. The predicted molar refractivity (Wildman–Crippen MR) is 109 cm³/mol. The fourth-order valence-electron chi connectivity index (χ4n) is 2.38. The average molecular weight is 468 g/mol. The van der Waals surface area contributed by atoms with Crippen molar-refractivity contribution in [1.29, 1.82) is 0 Å². The Bertz CT molecular complexity index is 1230. The second-order valence-electron chi connectivity index (χ2n) is 6.02. The van der Waals surface area contributed by atoms with Gasteiger partial charge in [0.1, 0.15) is 27.2 Å². The van der Waals surface area contributed by atoms with Crippen LogP contribution in [-0.4, -0.2) is 32.0 Å². The van der Waals surface area contributed by atoms with Crippen LogP contribution in [0, 0.1) is 11.6 Å². The maximum atomic E-state index is 13.5. The maximum absolute atomic E-state index is 13.5. The molecule has 31 heavy (non-hydrogen) atoms. The van der Waals surface area contributed by atoms with E-state index in [1.165, 1.54) is 12.1 Å². The lowest BCUT2D eigenvalue weighted by Gasteiger charge is -2.10. The first-order chi connectivity index (χ1) is 14.7. The summed E-state index contributed by atoms with van der Waals surface area (Å²) in [5.41, 5.74) is -0.612. The molecule has 0 bridgehead atoms. The average Bonchev–Trinajstić information content (AvgIpc) is 3.24. The van der Waals surface area contributed by atoms with E-state index in [9.17, 15) is 31.9 Å². The highest BCUT2D eigenvalue weighted by atomic mass is 32.2. The van der Waals surface area contributed by atoms with Gasteiger partial charge in [-0.15, -0.1) is 11.3 Å². The molecule has 0 aliphatic heterocycles. The SMILES string of the molecule is O=C(COC(=O)c1ccc(NS(=O)(=O)c2cccs2)cc1O)Nc1ccc(F)cc1F. The number of esters is 1. The normalized spacial score (nSPS) is 11.0. The number of phenolic OH excluding ortho intramolecular Hbond substituents is 1. The number of carbonyl (C=O) groups is 2. The molecule has 0 aliphatic carbocycles. The summed E-state index contributed by atoms with van der Waals surface area (Å²) in [6.45, 7) is -0.804. The Morgan fingerprint density at radius 2 is 1.87 bits per heavy atom. The first-order valence-corrected chi connectivity index (χ1v) is 10.8. The standard InChI is InChI=1S/C19H14F2N2O6S2/c20-11-3-6-15(14(21)8-11)22-17(25)10-29-19(26)13-5-4-12(9-16(13)24)23-31(27,28)18-2-1-7-30-18/h1-9,23-24H,10H2,(H,22,25). The Morgan fingerprint density at radius 1 is 1.10 bits per heavy atom. The van der Waals surface area contributed by atoms with Crippen LogP contribution in [0.4, 0.5) is 20.2 Å². The summed E-state index contributed by atoms with van der Waals surface area (Å²) in [6, 6.07) is 8.85. The van der Waals surface area contributed by atoms with Crippen molar-refractivity contribution in [3.05, 3.63) is 71.1 Å². The van der Waals surface area contributed by atoms with Crippen molar-refractivity contribution in [1.82, 2.24) is 0 Å². The molecule has 8 nitrogen and oxygen atoms in total. The molecule has 0 saturated heterocycles. The largest absolute Gasteiger partial charge is 0.507 e. The minimum Gasteiger partial charge on any atom is -0.507 e. The lowest BCUT2D eigenvalue weighted by molar-refractivity contribution is -0.119. The summed E-state index contributed by atoms with van der Waals surface area (Å²) in [7, 11) is -3.84. The molecule has 0 atom stereocenters. The fraction of sp³-hybridized carbons (Fsp3) is 0.0526. The van der Waals surface area contributed by atoms with Crippen LogP contribution >= 0.6 is 11.3 Å². The number of nitrogens with one attached hydrogen (secondary N) is 2. The number of phenols is 1. The first-order valence-electron chi connectivity index (χ1n) is 8.47. The van der Waals surface area contributed by atoms with Crippen LogP contribution in [0.25, 0.3) is 0 Å². The Hall–Kier alpha value is -3.51. The molecule has 0 fully saturated rings. The third kappa shape index (κ3) is 5.55. The van der Waals surface area contributed by atoms with E-state index in [-0.39, 0.29) is 21.1 Å². The monoisotopic (exact) mass is 468 g/mol. The van der Waals surface area contributed by atoms with E-state index in [1.54, 1.807) is 11.4 Å². The van der Waals surface area contributed by atoms with Gasteiger partial charge >= 0.3 is 5.97 Å². The minimum absolute atomic E-state index is 0.00646. The molecule has 1 amide bonds. The molecular formula is C19H14F2N2O6S2. The van der Waals surface area contributed by atoms with E-state index in [4.69, 9.17) is 4.74 Å². The Kier molecular flexibility index (Phi) is 6.51. The van der Waals surface area contributed by atoms with Gasteiger partial charge in [0, 0.05) is 12.1 Å². The molecule has 3 aromatic rings. The zero-order chi connectivity index (χ0) is 22.6. The van der Waals surface area contributed by atoms with Crippen LogP contribution in [0.15, 0.2) is 58.1 Å². The molecule has 0 radical (unpaired) electrons. The fourth-order valence-corrected chi connectivity index (χ4v) is 4.42. The highest BCUT2D eigenvalue weighted by Gasteiger charge is 2.19. The molecular weight excluding hydrogens is 454 g/mol. The summed E-state index contributed by atoms with van der Waals surface area (Å²) in [4.78, 5) is 23.9. The predicted octanol–water partition coefficient (Wildman–Crippen LogP) is 3.33. The smallest absolute Gasteiger partial charge is 0.342 e. The van der Waals surface area contributed by atoms with Crippen molar-refractivity contribution in [3.63, 3.8) is 0 Å². The molecule has 3 rings (SSSR count). The summed E-state index contributed by atoms with van der Waals surface area (Å²) in [5.74, 6) is -4.36. The van der Waals surface area contributed by atoms with Gasteiger partial charge in [-0.3, -0.25) is 9.52 Å². The number of halogens is 2. The number of sulfonamides is 1. The lowest BCUT2D eigenvalue weighted by Crippen LogP contribution is -2.21. The molecule has 2 aromatic carbocycles. The number of carbonyl (C=O) groups excluding carboxylic acids is 2. The number of rotatable bonds is 7. The third-order valence-electron chi connectivity index (χ3n) is 3.77. The highest BCUT2D eigenvalue weighted by molar-refractivity contribution is 7.94. The number of ether oxygens (including phenoxy) is 1. The number of aromatic hydroxyl groups is 1. The van der Waals surface area contributed by atoms with E-state index in [1.807, 2.05) is 0 Å². The zero-order valence-corrected chi connectivity index (χ0v) is 17.1. The van der Waals surface area contributed by atoms with Gasteiger partial charge in [0.15, 0.2) is 6.61 Å². The van der Waals surface area contributed by atoms with Crippen LogP contribution in [0.1, 0.15) is 10.4 Å². The molecule has 1 heterocycles.